The van der Waals surface area contributed by atoms with Gasteiger partial charge >= 0.3 is 5.97 Å². The molecule has 6 nitrogen and oxygen atoms in total. The number of aliphatic carboxylic acids is 1. The van der Waals surface area contributed by atoms with E-state index in [0.717, 1.165) is 0 Å². The van der Waals surface area contributed by atoms with Gasteiger partial charge in [0.05, 0.1) is 6.04 Å². The minimum atomic E-state index is -1.89. The maximum atomic E-state index is 11.1. The highest BCUT2D eigenvalue weighted by atomic mass is 32.2. The van der Waals surface area contributed by atoms with Gasteiger partial charge in [0.1, 0.15) is 0 Å². The number of hydrogen-bond acceptors (Lipinski definition) is 5. The molecule has 0 aromatic rings. The number of hydrogen-bond donors (Lipinski definition) is 4. The lowest BCUT2D eigenvalue weighted by Gasteiger charge is -2.13. The van der Waals surface area contributed by atoms with E-state index in [4.69, 9.17) is 15.9 Å². The van der Waals surface area contributed by atoms with Crippen LogP contribution in [-0.2, 0) is 9.59 Å². The van der Waals surface area contributed by atoms with E-state index in [1.54, 1.807) is 0 Å². The van der Waals surface area contributed by atoms with Crippen LogP contribution in [0.1, 0.15) is 6.42 Å². The number of carbonyl (C=O) groups excluding carboxylic acids is 1. The van der Waals surface area contributed by atoms with Crippen molar-refractivity contribution < 1.29 is 19.8 Å². The maximum Gasteiger partial charge on any atom is 0.353 e. The highest BCUT2D eigenvalue weighted by molar-refractivity contribution is 7.98. The van der Waals surface area contributed by atoms with Crippen molar-refractivity contribution in [1.29, 1.82) is 0 Å². The Morgan fingerprint density at radius 2 is 2.14 bits per heavy atom. The van der Waals surface area contributed by atoms with Gasteiger partial charge in [-0.05, 0) is 18.4 Å². The molecule has 0 fully saturated rings. The fourth-order valence-electron chi connectivity index (χ4n) is 0.679. The molecule has 82 valence electrons. The van der Waals surface area contributed by atoms with Gasteiger partial charge in [-0.2, -0.15) is 11.8 Å². The van der Waals surface area contributed by atoms with Crippen molar-refractivity contribution in [3.8, 4) is 0 Å². The number of thioether (sulfide) groups is 1. The summed E-state index contributed by atoms with van der Waals surface area (Å²) in [5.74, 6) is -1.46. The zero-order valence-electron chi connectivity index (χ0n) is 7.77. The second-order valence-electron chi connectivity index (χ2n) is 2.64. The van der Waals surface area contributed by atoms with Crippen LogP contribution in [0.25, 0.3) is 0 Å². The second kappa shape index (κ2) is 6.63. The molecule has 0 saturated carbocycles. The van der Waals surface area contributed by atoms with Crippen molar-refractivity contribution in [3.05, 3.63) is 0 Å². The lowest BCUT2D eigenvalue weighted by molar-refractivity contribution is -0.151. The molecule has 0 radical (unpaired) electrons. The molecule has 1 amide bonds. The number of carboxylic acid groups (broad SMARTS) is 1. The fourth-order valence-corrected chi connectivity index (χ4v) is 1.17. The molecule has 0 bridgehead atoms. The number of carboxylic acids is 1. The quantitative estimate of drug-likeness (QED) is 0.410. The zero-order chi connectivity index (χ0) is 11.1. The largest absolute Gasteiger partial charge is 0.478 e. The number of aliphatic hydroxyl groups is 1. The van der Waals surface area contributed by atoms with Crippen LogP contribution >= 0.6 is 11.8 Å². The van der Waals surface area contributed by atoms with Crippen molar-refractivity contribution in [2.24, 2.45) is 5.73 Å². The second-order valence-corrected chi connectivity index (χ2v) is 3.62. The Balaban J connectivity index is 3.88. The molecule has 0 heterocycles. The number of nitrogens with two attached hydrogens (primary N) is 1. The van der Waals surface area contributed by atoms with E-state index in [2.05, 4.69) is 0 Å². The van der Waals surface area contributed by atoms with E-state index < -0.39 is 24.1 Å². The van der Waals surface area contributed by atoms with Gasteiger partial charge in [0.2, 0.25) is 12.1 Å². The molecular formula is C7H14N2O4S. The Morgan fingerprint density at radius 3 is 2.57 bits per heavy atom. The molecule has 0 saturated heterocycles. The molecular weight excluding hydrogens is 208 g/mol. The third kappa shape index (κ3) is 5.05. The van der Waals surface area contributed by atoms with E-state index in [1.165, 1.54) is 11.8 Å². The van der Waals surface area contributed by atoms with Crippen LogP contribution in [-0.4, -0.2) is 46.4 Å². The summed E-state index contributed by atoms with van der Waals surface area (Å²) in [7, 11) is 0. The van der Waals surface area contributed by atoms with Gasteiger partial charge in [-0.3, -0.25) is 4.79 Å². The van der Waals surface area contributed by atoms with Crippen molar-refractivity contribution >= 4 is 23.6 Å². The SMILES string of the molecule is CSCC[C@H](N)C(=O)NC(O)C(=O)O. The Kier molecular flexibility index (Phi) is 6.26. The highest BCUT2D eigenvalue weighted by Crippen LogP contribution is 1.98. The van der Waals surface area contributed by atoms with E-state index in [-0.39, 0.29) is 0 Å². The molecule has 7 heteroatoms. The van der Waals surface area contributed by atoms with Crippen LogP contribution in [0.5, 0.6) is 0 Å². The Labute approximate surface area is 85.9 Å². The number of rotatable bonds is 6. The van der Waals surface area contributed by atoms with Crippen LogP contribution in [0.3, 0.4) is 0 Å². The fraction of sp³-hybridized carbons (Fsp3) is 0.714. The Morgan fingerprint density at radius 1 is 1.57 bits per heavy atom. The molecule has 14 heavy (non-hydrogen) atoms. The van der Waals surface area contributed by atoms with Gasteiger partial charge in [0.15, 0.2) is 0 Å². The van der Waals surface area contributed by atoms with Gasteiger partial charge in [-0.15, -0.1) is 0 Å². The van der Waals surface area contributed by atoms with Gasteiger partial charge in [-0.1, -0.05) is 0 Å². The third-order valence-electron chi connectivity index (χ3n) is 1.48. The highest BCUT2D eigenvalue weighted by Gasteiger charge is 2.20. The Bertz CT molecular complexity index is 212. The molecule has 0 aromatic carbocycles. The minimum absolute atomic E-state index is 0.444. The molecule has 0 aromatic heterocycles. The first kappa shape index (κ1) is 13.2. The third-order valence-corrected chi connectivity index (χ3v) is 2.13. The molecule has 0 aliphatic carbocycles. The van der Waals surface area contributed by atoms with E-state index in [0.29, 0.717) is 12.2 Å². The first-order chi connectivity index (χ1) is 6.49. The van der Waals surface area contributed by atoms with Crippen molar-refractivity contribution in [2.45, 2.75) is 18.7 Å². The first-order valence-corrected chi connectivity index (χ1v) is 5.34. The van der Waals surface area contributed by atoms with E-state index in [9.17, 15) is 9.59 Å². The van der Waals surface area contributed by atoms with Gasteiger partial charge in [-0.25, -0.2) is 4.79 Å². The summed E-state index contributed by atoms with van der Waals surface area (Å²) in [6.07, 6.45) is 0.429. The number of amides is 1. The Hall–Kier alpha value is -0.790. The molecule has 0 aliphatic heterocycles. The number of carbonyl (C=O) groups is 2. The van der Waals surface area contributed by atoms with E-state index in [1.807, 2.05) is 11.6 Å². The summed E-state index contributed by atoms with van der Waals surface area (Å²) in [6.45, 7) is 0. The molecule has 2 atom stereocenters. The zero-order valence-corrected chi connectivity index (χ0v) is 8.58. The summed E-state index contributed by atoms with van der Waals surface area (Å²) in [5, 5.41) is 18.9. The average molecular weight is 222 g/mol. The summed E-state index contributed by atoms with van der Waals surface area (Å²) >= 11 is 1.53. The summed E-state index contributed by atoms with van der Waals surface area (Å²) in [5.41, 5.74) is 5.42. The van der Waals surface area contributed by atoms with E-state index >= 15 is 0 Å². The topological polar surface area (TPSA) is 113 Å². The van der Waals surface area contributed by atoms with Gasteiger partial charge in [0.25, 0.3) is 0 Å². The lowest BCUT2D eigenvalue weighted by atomic mass is 10.2. The molecule has 0 spiro atoms. The predicted octanol–water partition coefficient (Wildman–Crippen LogP) is -1.41. The van der Waals surface area contributed by atoms with Crippen LogP contribution in [0, 0.1) is 0 Å². The summed E-state index contributed by atoms with van der Waals surface area (Å²) < 4.78 is 0. The average Bonchev–Trinajstić information content (AvgIpc) is 2.13. The smallest absolute Gasteiger partial charge is 0.353 e. The van der Waals surface area contributed by atoms with Crippen LogP contribution < -0.4 is 11.1 Å². The summed E-state index contributed by atoms with van der Waals surface area (Å²) in [4.78, 5) is 21.3. The minimum Gasteiger partial charge on any atom is -0.478 e. The monoisotopic (exact) mass is 222 g/mol. The maximum absolute atomic E-state index is 11.1. The predicted molar refractivity (Wildman–Crippen MR) is 52.8 cm³/mol. The van der Waals surface area contributed by atoms with Gasteiger partial charge < -0.3 is 21.3 Å². The van der Waals surface area contributed by atoms with Crippen molar-refractivity contribution in [1.82, 2.24) is 5.32 Å². The number of aliphatic hydroxyl groups excluding tert-OH is 1. The van der Waals surface area contributed by atoms with Crippen LogP contribution in [0.4, 0.5) is 0 Å². The molecule has 5 N–H and O–H groups in total. The normalized spacial score (nSPS) is 14.5. The first-order valence-electron chi connectivity index (χ1n) is 3.94. The van der Waals surface area contributed by atoms with Gasteiger partial charge in [0, 0.05) is 0 Å². The van der Waals surface area contributed by atoms with Crippen LogP contribution in [0.2, 0.25) is 0 Å². The number of nitrogens with one attached hydrogen (secondary N) is 1. The summed E-state index contributed by atoms with van der Waals surface area (Å²) in [6, 6.07) is -0.781. The van der Waals surface area contributed by atoms with Crippen LogP contribution in [0.15, 0.2) is 0 Å². The molecule has 1 unspecified atom stereocenters. The standard InChI is InChI=1S/C7H14N2O4S/c1-14-3-2-4(8)5(10)9-6(11)7(12)13/h4,6,11H,2-3,8H2,1H3,(H,9,10)(H,12,13)/t4-,6?/m0/s1. The molecule has 0 aliphatic rings. The van der Waals surface area contributed by atoms with Crippen molar-refractivity contribution in [3.63, 3.8) is 0 Å². The lowest BCUT2D eigenvalue weighted by Crippen LogP contribution is -2.48. The molecule has 0 rings (SSSR count). The van der Waals surface area contributed by atoms with Crippen molar-refractivity contribution in [2.75, 3.05) is 12.0 Å².